The lowest BCUT2D eigenvalue weighted by Crippen LogP contribution is -2.14. The summed E-state index contributed by atoms with van der Waals surface area (Å²) >= 11 is 0. The van der Waals surface area contributed by atoms with E-state index in [1.165, 1.54) is 71.6 Å². The van der Waals surface area contributed by atoms with Gasteiger partial charge in [0.25, 0.3) is 0 Å². The third kappa shape index (κ3) is 3.02. The fourth-order valence-electron chi connectivity index (χ4n) is 7.25. The largest absolute Gasteiger partial charge is 0.456 e. The van der Waals surface area contributed by atoms with E-state index in [0.29, 0.717) is 0 Å². The van der Waals surface area contributed by atoms with Crippen LogP contribution < -0.4 is 0 Å². The van der Waals surface area contributed by atoms with Crippen molar-refractivity contribution in [1.29, 1.82) is 0 Å². The minimum absolute atomic E-state index is 0.0577. The molecule has 0 saturated heterocycles. The molecule has 0 unspecified atom stereocenters. The number of furan rings is 1. The third-order valence-corrected chi connectivity index (χ3v) is 9.20. The number of hydrogen-bond acceptors (Lipinski definition) is 1. The highest BCUT2D eigenvalue weighted by atomic mass is 16.3. The van der Waals surface area contributed by atoms with Crippen LogP contribution in [-0.2, 0) is 5.41 Å². The van der Waals surface area contributed by atoms with Gasteiger partial charge in [0.1, 0.15) is 11.2 Å². The van der Waals surface area contributed by atoms with Gasteiger partial charge in [-0.1, -0.05) is 98.8 Å². The summed E-state index contributed by atoms with van der Waals surface area (Å²) in [5.74, 6) is 0. The Kier molecular flexibility index (Phi) is 4.42. The number of aromatic nitrogens is 1. The van der Waals surface area contributed by atoms with Gasteiger partial charge in [0.15, 0.2) is 0 Å². The van der Waals surface area contributed by atoms with Gasteiger partial charge in [0, 0.05) is 32.6 Å². The maximum Gasteiger partial charge on any atom is 0.136 e. The highest BCUT2D eigenvalue weighted by Gasteiger charge is 2.36. The van der Waals surface area contributed by atoms with Crippen LogP contribution in [0.25, 0.3) is 71.7 Å². The molecule has 0 atom stereocenters. The van der Waals surface area contributed by atoms with E-state index in [-0.39, 0.29) is 5.41 Å². The van der Waals surface area contributed by atoms with Crippen LogP contribution in [0.1, 0.15) is 25.0 Å². The molecule has 0 N–H and O–H groups in total. The number of rotatable bonds is 2. The molecule has 0 aliphatic heterocycles. The molecule has 2 nitrogen and oxygen atoms in total. The minimum atomic E-state index is -0.0577. The third-order valence-electron chi connectivity index (χ3n) is 9.20. The molecule has 0 radical (unpaired) electrons. The molecule has 2 heteroatoms. The zero-order chi connectivity index (χ0) is 27.3. The van der Waals surface area contributed by atoms with Crippen LogP contribution >= 0.6 is 0 Å². The van der Waals surface area contributed by atoms with E-state index in [9.17, 15) is 0 Å². The topological polar surface area (TPSA) is 18.1 Å². The molecular formula is C39H27NO. The molecule has 2 aromatic heterocycles. The van der Waals surface area contributed by atoms with Gasteiger partial charge < -0.3 is 8.98 Å². The maximum absolute atomic E-state index is 6.56. The van der Waals surface area contributed by atoms with Crippen molar-refractivity contribution in [3.05, 3.63) is 139 Å². The molecule has 9 rings (SSSR count). The van der Waals surface area contributed by atoms with Crippen molar-refractivity contribution in [2.24, 2.45) is 0 Å². The average Bonchev–Trinajstić information content (AvgIpc) is 3.62. The predicted molar refractivity (Wildman–Crippen MR) is 171 cm³/mol. The Morgan fingerprint density at radius 1 is 0.512 bits per heavy atom. The zero-order valence-corrected chi connectivity index (χ0v) is 23.0. The number of para-hydroxylation sites is 2. The van der Waals surface area contributed by atoms with Crippen molar-refractivity contribution < 1.29 is 4.42 Å². The van der Waals surface area contributed by atoms with Gasteiger partial charge in [-0.05, 0) is 75.8 Å². The van der Waals surface area contributed by atoms with Gasteiger partial charge in [0.05, 0.1) is 11.0 Å². The Labute approximate surface area is 238 Å². The van der Waals surface area contributed by atoms with Gasteiger partial charge in [-0.2, -0.15) is 0 Å². The van der Waals surface area contributed by atoms with Crippen molar-refractivity contribution in [2.75, 3.05) is 0 Å². The summed E-state index contributed by atoms with van der Waals surface area (Å²) in [6.07, 6.45) is 0. The molecule has 0 bridgehead atoms. The summed E-state index contributed by atoms with van der Waals surface area (Å²) < 4.78 is 8.94. The van der Waals surface area contributed by atoms with Gasteiger partial charge in [0.2, 0.25) is 0 Å². The highest BCUT2D eigenvalue weighted by molar-refractivity contribution is 6.16. The van der Waals surface area contributed by atoms with Gasteiger partial charge in [-0.25, -0.2) is 0 Å². The van der Waals surface area contributed by atoms with Gasteiger partial charge >= 0.3 is 0 Å². The lowest BCUT2D eigenvalue weighted by atomic mass is 9.82. The summed E-state index contributed by atoms with van der Waals surface area (Å²) in [5, 5.41) is 4.87. The fourth-order valence-corrected chi connectivity index (χ4v) is 7.25. The second kappa shape index (κ2) is 7.99. The van der Waals surface area contributed by atoms with Crippen molar-refractivity contribution in [2.45, 2.75) is 19.3 Å². The molecule has 41 heavy (non-hydrogen) atoms. The Morgan fingerprint density at radius 2 is 1.27 bits per heavy atom. The first kappa shape index (κ1) is 22.7. The molecule has 6 aromatic carbocycles. The van der Waals surface area contributed by atoms with E-state index < -0.39 is 0 Å². The fraction of sp³-hybridized carbons (Fsp3) is 0.0769. The molecule has 0 amide bonds. The molecule has 0 saturated carbocycles. The SMILES string of the molecule is CC1(C)c2ccccc2-c2cc3c(cc21)oc1cccc(-c2ccc4c5ccccc5n(-c5ccccc5)c4c2)c13. The zero-order valence-electron chi connectivity index (χ0n) is 23.0. The van der Waals surface area contributed by atoms with Crippen molar-refractivity contribution in [3.8, 4) is 27.9 Å². The molecular weight excluding hydrogens is 498 g/mol. The van der Waals surface area contributed by atoms with Crippen LogP contribution in [0.2, 0.25) is 0 Å². The van der Waals surface area contributed by atoms with E-state index in [1.807, 2.05) is 0 Å². The van der Waals surface area contributed by atoms with Crippen molar-refractivity contribution in [3.63, 3.8) is 0 Å². The first-order valence-electron chi connectivity index (χ1n) is 14.3. The number of fused-ring (bicyclic) bond motifs is 9. The monoisotopic (exact) mass is 525 g/mol. The maximum atomic E-state index is 6.56. The molecule has 0 spiro atoms. The van der Waals surface area contributed by atoms with Crippen molar-refractivity contribution in [1.82, 2.24) is 4.57 Å². The minimum Gasteiger partial charge on any atom is -0.456 e. The average molecular weight is 526 g/mol. The van der Waals surface area contributed by atoms with E-state index >= 15 is 0 Å². The van der Waals surface area contributed by atoms with Crippen LogP contribution in [0.3, 0.4) is 0 Å². The number of benzene rings is 6. The lowest BCUT2D eigenvalue weighted by Gasteiger charge is -2.21. The molecule has 0 fully saturated rings. The number of hydrogen-bond donors (Lipinski definition) is 0. The van der Waals surface area contributed by atoms with Gasteiger partial charge in [-0.3, -0.25) is 0 Å². The Balaban J connectivity index is 1.33. The standard InChI is InChI=1S/C39H27NO/c1-39(2)32-16-8-6-13-27(32)30-22-31-37(23-33(30)39)41-36-18-10-15-26(38(31)36)24-19-20-29-28-14-7-9-17-34(28)40(35(29)21-24)25-11-4-3-5-12-25/h3-23H,1-2H3. The predicted octanol–water partition coefficient (Wildman–Crippen LogP) is 10.7. The summed E-state index contributed by atoms with van der Waals surface area (Å²) in [6.45, 7) is 4.64. The second-order valence-corrected chi connectivity index (χ2v) is 11.8. The summed E-state index contributed by atoms with van der Waals surface area (Å²) in [5.41, 5.74) is 13.1. The molecule has 8 aromatic rings. The van der Waals surface area contributed by atoms with Crippen molar-refractivity contribution >= 4 is 43.7 Å². The normalized spacial score (nSPS) is 13.8. The lowest BCUT2D eigenvalue weighted by molar-refractivity contribution is 0.647. The van der Waals surface area contributed by atoms with Crippen LogP contribution in [0.4, 0.5) is 0 Å². The van der Waals surface area contributed by atoms with Gasteiger partial charge in [-0.15, -0.1) is 0 Å². The molecule has 2 heterocycles. The van der Waals surface area contributed by atoms with Crippen LogP contribution in [-0.4, -0.2) is 4.57 Å². The Bertz CT molecular complexity index is 2330. The second-order valence-electron chi connectivity index (χ2n) is 11.8. The smallest absolute Gasteiger partial charge is 0.136 e. The summed E-state index contributed by atoms with van der Waals surface area (Å²) in [4.78, 5) is 0. The summed E-state index contributed by atoms with van der Waals surface area (Å²) in [6, 6.07) is 46.2. The summed E-state index contributed by atoms with van der Waals surface area (Å²) in [7, 11) is 0. The van der Waals surface area contributed by atoms with E-state index in [4.69, 9.17) is 4.42 Å². The Hall–Kier alpha value is -5.08. The molecule has 1 aliphatic rings. The Morgan fingerprint density at radius 3 is 2.17 bits per heavy atom. The van der Waals surface area contributed by atoms with E-state index in [2.05, 4.69) is 146 Å². The van der Waals surface area contributed by atoms with Crippen LogP contribution in [0.5, 0.6) is 0 Å². The molecule has 1 aliphatic carbocycles. The van der Waals surface area contributed by atoms with E-state index in [1.54, 1.807) is 0 Å². The van der Waals surface area contributed by atoms with E-state index in [0.717, 1.165) is 11.2 Å². The molecule has 194 valence electrons. The van der Waals surface area contributed by atoms with Crippen LogP contribution in [0, 0.1) is 0 Å². The first-order chi connectivity index (χ1) is 20.1. The highest BCUT2D eigenvalue weighted by Crippen LogP contribution is 2.51. The van der Waals surface area contributed by atoms with Crippen LogP contribution in [0.15, 0.2) is 132 Å². The quantitative estimate of drug-likeness (QED) is 0.219. The number of nitrogens with zero attached hydrogens (tertiary/aromatic N) is 1. The first-order valence-corrected chi connectivity index (χ1v) is 14.3.